The molecule has 0 spiro atoms. The van der Waals surface area contributed by atoms with Gasteiger partial charge in [-0.15, -0.1) is 0 Å². The maximum atomic E-state index is 12.7. The summed E-state index contributed by atoms with van der Waals surface area (Å²) in [5, 5.41) is 1.48. The summed E-state index contributed by atoms with van der Waals surface area (Å²) in [5.74, 6) is 1.12. The molecule has 1 amide bonds. The zero-order chi connectivity index (χ0) is 18.1. The van der Waals surface area contributed by atoms with Crippen LogP contribution in [0.25, 0.3) is 11.0 Å². The fourth-order valence-corrected chi connectivity index (χ4v) is 3.42. The Hall–Kier alpha value is -2.66. The van der Waals surface area contributed by atoms with Gasteiger partial charge in [0.15, 0.2) is 5.76 Å². The van der Waals surface area contributed by atoms with Gasteiger partial charge in [0.2, 0.25) is 0 Å². The first kappa shape index (κ1) is 16.8. The number of amides is 1. The van der Waals surface area contributed by atoms with Crippen LogP contribution in [-0.4, -0.2) is 44.1 Å². The van der Waals surface area contributed by atoms with Crippen LogP contribution in [0.5, 0.6) is 5.75 Å². The highest BCUT2D eigenvalue weighted by atomic mass is 35.5. The molecule has 3 aromatic rings. The minimum Gasteiger partial charge on any atom is -0.497 e. The van der Waals surface area contributed by atoms with E-state index in [0.717, 1.165) is 29.9 Å². The van der Waals surface area contributed by atoms with Crippen molar-refractivity contribution >= 4 is 34.2 Å². The van der Waals surface area contributed by atoms with Crippen molar-refractivity contribution in [2.24, 2.45) is 0 Å². The maximum absolute atomic E-state index is 12.7. The van der Waals surface area contributed by atoms with Crippen molar-refractivity contribution in [1.82, 2.24) is 4.90 Å². The molecule has 0 saturated carbocycles. The van der Waals surface area contributed by atoms with Crippen LogP contribution in [0.15, 0.2) is 52.9 Å². The van der Waals surface area contributed by atoms with E-state index in [1.165, 1.54) is 0 Å². The van der Waals surface area contributed by atoms with Gasteiger partial charge in [0.25, 0.3) is 5.91 Å². The van der Waals surface area contributed by atoms with Crippen molar-refractivity contribution in [1.29, 1.82) is 0 Å². The van der Waals surface area contributed by atoms with E-state index in [-0.39, 0.29) is 5.91 Å². The van der Waals surface area contributed by atoms with Crippen LogP contribution >= 0.6 is 11.6 Å². The van der Waals surface area contributed by atoms with Crippen LogP contribution in [-0.2, 0) is 0 Å². The molecule has 1 aliphatic heterocycles. The number of rotatable bonds is 3. The van der Waals surface area contributed by atoms with Crippen molar-refractivity contribution < 1.29 is 13.9 Å². The van der Waals surface area contributed by atoms with Crippen LogP contribution in [0.4, 0.5) is 5.69 Å². The minimum absolute atomic E-state index is 0.0771. The molecule has 0 bridgehead atoms. The molecular weight excluding hydrogens is 352 g/mol. The van der Waals surface area contributed by atoms with Crippen molar-refractivity contribution in [2.75, 3.05) is 38.2 Å². The zero-order valence-corrected chi connectivity index (χ0v) is 15.2. The molecule has 0 atom stereocenters. The molecule has 6 heteroatoms. The predicted molar refractivity (Wildman–Crippen MR) is 102 cm³/mol. The van der Waals surface area contributed by atoms with Gasteiger partial charge in [0.1, 0.15) is 11.3 Å². The lowest BCUT2D eigenvalue weighted by Crippen LogP contribution is -2.48. The second-order valence-corrected chi connectivity index (χ2v) is 6.71. The fraction of sp³-hybridized carbons (Fsp3) is 0.250. The number of hydrogen-bond acceptors (Lipinski definition) is 4. The van der Waals surface area contributed by atoms with E-state index >= 15 is 0 Å². The molecule has 2 aromatic carbocycles. The van der Waals surface area contributed by atoms with Crippen LogP contribution in [0, 0.1) is 0 Å². The Bertz CT molecular complexity index is 928. The number of carbonyl (C=O) groups excluding carboxylic acids is 1. The molecule has 0 radical (unpaired) electrons. The molecule has 1 aromatic heterocycles. The van der Waals surface area contributed by atoms with Crippen molar-refractivity contribution in [3.8, 4) is 5.75 Å². The summed E-state index contributed by atoms with van der Waals surface area (Å²) in [4.78, 5) is 16.8. The summed E-state index contributed by atoms with van der Waals surface area (Å²) in [6.45, 7) is 2.87. The summed E-state index contributed by atoms with van der Waals surface area (Å²) >= 11 is 6.00. The number of carbonyl (C=O) groups is 1. The van der Waals surface area contributed by atoms with Gasteiger partial charge in [0, 0.05) is 42.3 Å². The van der Waals surface area contributed by atoms with E-state index in [9.17, 15) is 4.79 Å². The summed E-state index contributed by atoms with van der Waals surface area (Å²) in [5.41, 5.74) is 1.81. The largest absolute Gasteiger partial charge is 0.497 e. The number of methoxy groups -OCH3 is 1. The molecule has 2 heterocycles. The number of fused-ring (bicyclic) bond motifs is 1. The second-order valence-electron chi connectivity index (χ2n) is 6.27. The molecular formula is C20H19ClN2O3. The maximum Gasteiger partial charge on any atom is 0.289 e. The van der Waals surface area contributed by atoms with Crippen molar-refractivity contribution in [3.05, 3.63) is 59.3 Å². The average Bonchev–Trinajstić information content (AvgIpc) is 3.11. The predicted octanol–water partition coefficient (Wildman–Crippen LogP) is 4.06. The van der Waals surface area contributed by atoms with Gasteiger partial charge in [-0.3, -0.25) is 4.79 Å². The highest BCUT2D eigenvalue weighted by Gasteiger charge is 2.24. The van der Waals surface area contributed by atoms with Gasteiger partial charge in [0.05, 0.1) is 7.11 Å². The summed E-state index contributed by atoms with van der Waals surface area (Å²) in [6.07, 6.45) is 0. The normalized spacial score (nSPS) is 14.7. The number of hydrogen-bond donors (Lipinski definition) is 0. The van der Waals surface area contributed by atoms with E-state index in [0.29, 0.717) is 29.5 Å². The smallest absolute Gasteiger partial charge is 0.289 e. The lowest BCUT2D eigenvalue weighted by atomic mass is 10.2. The molecule has 0 N–H and O–H groups in total. The van der Waals surface area contributed by atoms with Crippen LogP contribution in [0.2, 0.25) is 5.02 Å². The Labute approximate surface area is 156 Å². The molecule has 0 unspecified atom stereocenters. The van der Waals surface area contributed by atoms with Crippen LogP contribution in [0.3, 0.4) is 0 Å². The van der Waals surface area contributed by atoms with Gasteiger partial charge in [-0.2, -0.15) is 0 Å². The van der Waals surface area contributed by atoms with Gasteiger partial charge in [-0.1, -0.05) is 11.6 Å². The number of anilines is 1. The van der Waals surface area contributed by atoms with Gasteiger partial charge in [-0.05, 0) is 48.5 Å². The zero-order valence-electron chi connectivity index (χ0n) is 14.4. The first-order valence-corrected chi connectivity index (χ1v) is 8.89. The standard InChI is InChI=1S/C20H19ClN2O3/c1-25-17-5-3-16(4-6-17)22-8-10-23(11-9-22)20(24)19-13-14-12-15(21)2-7-18(14)26-19/h2-7,12-13H,8-11H2,1H3. The number of ether oxygens (including phenoxy) is 1. The molecule has 26 heavy (non-hydrogen) atoms. The average molecular weight is 371 g/mol. The SMILES string of the molecule is COc1ccc(N2CCN(C(=O)c3cc4cc(Cl)ccc4o3)CC2)cc1. The van der Waals surface area contributed by atoms with E-state index in [2.05, 4.69) is 4.90 Å². The molecule has 1 aliphatic rings. The third-order valence-corrected chi connectivity index (χ3v) is 4.93. The monoisotopic (exact) mass is 370 g/mol. The topological polar surface area (TPSA) is 45.9 Å². The molecule has 0 aliphatic carbocycles. The number of furan rings is 1. The molecule has 1 saturated heterocycles. The highest BCUT2D eigenvalue weighted by Crippen LogP contribution is 2.25. The Kier molecular flexibility index (Phi) is 4.47. The first-order valence-electron chi connectivity index (χ1n) is 8.51. The van der Waals surface area contributed by atoms with Crippen LogP contribution < -0.4 is 9.64 Å². The number of nitrogens with zero attached hydrogens (tertiary/aromatic N) is 2. The lowest BCUT2D eigenvalue weighted by Gasteiger charge is -2.35. The Morgan fingerprint density at radius 3 is 2.46 bits per heavy atom. The van der Waals surface area contributed by atoms with E-state index in [1.54, 1.807) is 31.4 Å². The van der Waals surface area contributed by atoms with Gasteiger partial charge >= 0.3 is 0 Å². The third kappa shape index (κ3) is 3.22. The lowest BCUT2D eigenvalue weighted by molar-refractivity contribution is 0.0717. The number of benzene rings is 2. The fourth-order valence-electron chi connectivity index (χ4n) is 3.24. The molecule has 5 nitrogen and oxygen atoms in total. The Morgan fingerprint density at radius 2 is 1.77 bits per heavy atom. The molecule has 4 rings (SSSR count). The number of halogens is 1. The van der Waals surface area contributed by atoms with E-state index < -0.39 is 0 Å². The highest BCUT2D eigenvalue weighted by molar-refractivity contribution is 6.31. The van der Waals surface area contributed by atoms with E-state index in [1.807, 2.05) is 29.2 Å². The first-order chi connectivity index (χ1) is 12.6. The second kappa shape index (κ2) is 6.92. The van der Waals surface area contributed by atoms with E-state index in [4.69, 9.17) is 20.8 Å². The Balaban J connectivity index is 1.43. The van der Waals surface area contributed by atoms with Gasteiger partial charge < -0.3 is 19.0 Å². The van der Waals surface area contributed by atoms with Crippen molar-refractivity contribution in [2.45, 2.75) is 0 Å². The molecule has 134 valence electrons. The minimum atomic E-state index is -0.0771. The quantitative estimate of drug-likeness (QED) is 0.697. The third-order valence-electron chi connectivity index (χ3n) is 4.69. The number of piperazine rings is 1. The summed E-state index contributed by atoms with van der Waals surface area (Å²) in [7, 11) is 1.66. The summed E-state index contributed by atoms with van der Waals surface area (Å²) in [6, 6.07) is 15.1. The van der Waals surface area contributed by atoms with Crippen LogP contribution in [0.1, 0.15) is 10.6 Å². The molecule has 1 fully saturated rings. The van der Waals surface area contributed by atoms with Gasteiger partial charge in [-0.25, -0.2) is 0 Å². The van der Waals surface area contributed by atoms with Crippen molar-refractivity contribution in [3.63, 3.8) is 0 Å². The summed E-state index contributed by atoms with van der Waals surface area (Å²) < 4.78 is 10.9. The Morgan fingerprint density at radius 1 is 1.04 bits per heavy atom.